The lowest BCUT2D eigenvalue weighted by atomic mass is 10.3. The Balaban J connectivity index is 2.24. The van der Waals surface area contributed by atoms with Gasteiger partial charge in [0.1, 0.15) is 0 Å². The number of carboxylic acids is 1. The van der Waals surface area contributed by atoms with Crippen LogP contribution in [0.2, 0.25) is 10.0 Å². The standard InChI is InChI=1S/C11H8Cl2N2O4S2/c12-6-1-7(13)3-9(2-6)21(18,19)15-11-14-8(5-20-11)4-10(16)17/h1-3,5H,4H2,(H,14,15)(H,16,17). The summed E-state index contributed by atoms with van der Waals surface area (Å²) in [5.74, 6) is -1.05. The number of halogens is 2. The van der Waals surface area contributed by atoms with Gasteiger partial charge in [-0.2, -0.15) is 0 Å². The average molecular weight is 367 g/mol. The number of thiazole rings is 1. The van der Waals surface area contributed by atoms with Gasteiger partial charge in [-0.15, -0.1) is 11.3 Å². The van der Waals surface area contributed by atoms with Crippen LogP contribution in [0, 0.1) is 0 Å². The third-order valence-corrected chi connectivity index (χ3v) is 4.94. The minimum Gasteiger partial charge on any atom is -0.481 e. The molecule has 0 atom stereocenters. The first-order valence-corrected chi connectivity index (χ1v) is 8.53. The van der Waals surface area contributed by atoms with Crippen LogP contribution in [0.25, 0.3) is 0 Å². The first-order chi connectivity index (χ1) is 9.76. The number of hydrogen-bond acceptors (Lipinski definition) is 5. The highest BCUT2D eigenvalue weighted by Gasteiger charge is 2.18. The molecule has 21 heavy (non-hydrogen) atoms. The zero-order valence-corrected chi connectivity index (χ0v) is 13.4. The van der Waals surface area contributed by atoms with Crippen LogP contribution in [0.4, 0.5) is 5.13 Å². The maximum Gasteiger partial charge on any atom is 0.309 e. The van der Waals surface area contributed by atoms with Gasteiger partial charge in [0.05, 0.1) is 17.0 Å². The SMILES string of the molecule is O=C(O)Cc1csc(NS(=O)(=O)c2cc(Cl)cc(Cl)c2)n1. The summed E-state index contributed by atoms with van der Waals surface area (Å²) in [6.07, 6.45) is -0.277. The molecule has 0 aliphatic carbocycles. The number of sulfonamides is 1. The maximum absolute atomic E-state index is 12.2. The number of benzene rings is 1. The first-order valence-electron chi connectivity index (χ1n) is 5.41. The number of rotatable bonds is 5. The summed E-state index contributed by atoms with van der Waals surface area (Å²) < 4.78 is 26.6. The van der Waals surface area contributed by atoms with E-state index in [1.54, 1.807) is 0 Å². The molecule has 1 heterocycles. The van der Waals surface area contributed by atoms with E-state index in [4.69, 9.17) is 28.3 Å². The lowest BCUT2D eigenvalue weighted by molar-refractivity contribution is -0.136. The van der Waals surface area contributed by atoms with Crippen molar-refractivity contribution in [2.75, 3.05) is 4.72 Å². The Kier molecular flexibility index (Phi) is 4.72. The fraction of sp³-hybridized carbons (Fsp3) is 0.0909. The second-order valence-corrected chi connectivity index (χ2v) is 7.34. The quantitative estimate of drug-likeness (QED) is 0.847. The number of anilines is 1. The van der Waals surface area contributed by atoms with Crippen molar-refractivity contribution in [2.45, 2.75) is 11.3 Å². The van der Waals surface area contributed by atoms with Crippen molar-refractivity contribution in [1.29, 1.82) is 0 Å². The van der Waals surface area contributed by atoms with E-state index in [1.165, 1.54) is 23.6 Å². The van der Waals surface area contributed by atoms with E-state index >= 15 is 0 Å². The highest BCUT2D eigenvalue weighted by Crippen LogP contribution is 2.25. The van der Waals surface area contributed by atoms with Gasteiger partial charge in [0.15, 0.2) is 5.13 Å². The van der Waals surface area contributed by atoms with Gasteiger partial charge in [-0.1, -0.05) is 23.2 Å². The van der Waals surface area contributed by atoms with Crippen molar-refractivity contribution in [3.63, 3.8) is 0 Å². The predicted molar refractivity (Wildman–Crippen MR) is 80.7 cm³/mol. The molecule has 2 rings (SSSR count). The lowest BCUT2D eigenvalue weighted by Gasteiger charge is -2.06. The summed E-state index contributed by atoms with van der Waals surface area (Å²) in [7, 11) is -3.89. The molecule has 0 amide bonds. The number of hydrogen-bond donors (Lipinski definition) is 2. The average Bonchev–Trinajstić information content (AvgIpc) is 2.73. The van der Waals surface area contributed by atoms with Crippen molar-refractivity contribution in [3.8, 4) is 0 Å². The minimum atomic E-state index is -3.89. The van der Waals surface area contributed by atoms with E-state index < -0.39 is 16.0 Å². The zero-order chi connectivity index (χ0) is 15.6. The number of nitrogens with one attached hydrogen (secondary N) is 1. The van der Waals surface area contributed by atoms with E-state index in [2.05, 4.69) is 9.71 Å². The monoisotopic (exact) mass is 366 g/mol. The van der Waals surface area contributed by atoms with Gasteiger partial charge in [-0.05, 0) is 18.2 Å². The van der Waals surface area contributed by atoms with Gasteiger partial charge in [-0.25, -0.2) is 13.4 Å². The molecule has 0 fully saturated rings. The Bertz CT molecular complexity index is 769. The molecular formula is C11H8Cl2N2O4S2. The summed E-state index contributed by atoms with van der Waals surface area (Å²) in [6.45, 7) is 0. The van der Waals surface area contributed by atoms with E-state index in [0.29, 0.717) is 0 Å². The van der Waals surface area contributed by atoms with Crippen molar-refractivity contribution in [2.24, 2.45) is 0 Å². The zero-order valence-electron chi connectivity index (χ0n) is 10.2. The Hall–Kier alpha value is -1.35. The summed E-state index contributed by atoms with van der Waals surface area (Å²) in [6, 6.07) is 3.92. The summed E-state index contributed by atoms with van der Waals surface area (Å²) in [4.78, 5) is 14.3. The van der Waals surface area contributed by atoms with Crippen LogP contribution in [0.1, 0.15) is 5.69 Å². The normalized spacial score (nSPS) is 11.3. The van der Waals surface area contributed by atoms with E-state index in [-0.39, 0.29) is 32.2 Å². The summed E-state index contributed by atoms with van der Waals surface area (Å²) >= 11 is 12.5. The molecule has 0 bridgehead atoms. The summed E-state index contributed by atoms with van der Waals surface area (Å²) in [5.41, 5.74) is 0.273. The molecule has 0 radical (unpaired) electrons. The molecule has 0 aliphatic rings. The number of nitrogens with zero attached hydrogens (tertiary/aromatic N) is 1. The maximum atomic E-state index is 12.2. The molecule has 0 spiro atoms. The highest BCUT2D eigenvalue weighted by molar-refractivity contribution is 7.93. The number of carbonyl (C=O) groups is 1. The minimum absolute atomic E-state index is 0.0716. The molecule has 0 unspecified atom stereocenters. The van der Waals surface area contributed by atoms with Crippen LogP contribution >= 0.6 is 34.5 Å². The Morgan fingerprint density at radius 3 is 2.48 bits per heavy atom. The van der Waals surface area contributed by atoms with Gasteiger partial charge >= 0.3 is 5.97 Å². The fourth-order valence-electron chi connectivity index (χ4n) is 1.45. The molecule has 10 heteroatoms. The summed E-state index contributed by atoms with van der Waals surface area (Å²) in [5, 5.41) is 10.6. The third-order valence-electron chi connectivity index (χ3n) is 2.25. The Morgan fingerprint density at radius 1 is 1.29 bits per heavy atom. The second-order valence-electron chi connectivity index (χ2n) is 3.93. The Morgan fingerprint density at radius 2 is 1.90 bits per heavy atom. The van der Waals surface area contributed by atoms with Crippen LogP contribution in [0.5, 0.6) is 0 Å². The van der Waals surface area contributed by atoms with E-state index in [1.807, 2.05) is 0 Å². The molecule has 0 aliphatic heterocycles. The van der Waals surface area contributed by atoms with Crippen molar-refractivity contribution >= 4 is 55.7 Å². The molecule has 112 valence electrons. The molecule has 0 saturated heterocycles. The van der Waals surface area contributed by atoms with Gasteiger partial charge in [-0.3, -0.25) is 9.52 Å². The highest BCUT2D eigenvalue weighted by atomic mass is 35.5. The number of carboxylic acid groups (broad SMARTS) is 1. The Labute approximate surface area is 134 Å². The molecular weight excluding hydrogens is 359 g/mol. The van der Waals surface area contributed by atoms with Crippen molar-refractivity contribution < 1.29 is 18.3 Å². The molecule has 2 aromatic rings. The molecule has 2 N–H and O–H groups in total. The van der Waals surface area contributed by atoms with Gasteiger partial charge in [0.25, 0.3) is 10.0 Å². The van der Waals surface area contributed by atoms with Gasteiger partial charge in [0, 0.05) is 15.4 Å². The fourth-order valence-corrected chi connectivity index (χ4v) is 4.14. The van der Waals surface area contributed by atoms with Crippen LogP contribution in [0.3, 0.4) is 0 Å². The third kappa shape index (κ3) is 4.31. The van der Waals surface area contributed by atoms with Crippen molar-refractivity contribution in [3.05, 3.63) is 39.3 Å². The topological polar surface area (TPSA) is 96.4 Å². The first kappa shape index (κ1) is 16.0. The van der Waals surface area contributed by atoms with Crippen molar-refractivity contribution in [1.82, 2.24) is 4.98 Å². The predicted octanol–water partition coefficient (Wildman–Crippen LogP) is 2.88. The smallest absolute Gasteiger partial charge is 0.309 e. The molecule has 1 aromatic heterocycles. The molecule has 6 nitrogen and oxygen atoms in total. The molecule has 0 saturated carbocycles. The van der Waals surface area contributed by atoms with Gasteiger partial charge in [0.2, 0.25) is 0 Å². The van der Waals surface area contributed by atoms with Gasteiger partial charge < -0.3 is 5.11 Å². The van der Waals surface area contributed by atoms with Crippen LogP contribution in [0.15, 0.2) is 28.5 Å². The van der Waals surface area contributed by atoms with Crippen LogP contribution in [-0.4, -0.2) is 24.5 Å². The lowest BCUT2D eigenvalue weighted by Crippen LogP contribution is -2.13. The number of aliphatic carboxylic acids is 1. The van der Waals surface area contributed by atoms with E-state index in [0.717, 1.165) is 11.3 Å². The van der Waals surface area contributed by atoms with Crippen LogP contribution < -0.4 is 4.72 Å². The largest absolute Gasteiger partial charge is 0.481 e. The molecule has 1 aromatic carbocycles. The number of aromatic nitrogens is 1. The van der Waals surface area contributed by atoms with E-state index in [9.17, 15) is 13.2 Å². The second kappa shape index (κ2) is 6.18. The van der Waals surface area contributed by atoms with Crippen LogP contribution in [-0.2, 0) is 21.2 Å².